The monoisotopic (exact) mass is 374 g/mol. The fraction of sp³-hybridized carbons (Fsp3) is 0.174. The number of carbonyl (C=O) groups excluding carboxylic acids is 1. The molecular formula is C23H18O3S. The molecule has 4 heteroatoms. The van der Waals surface area contributed by atoms with E-state index in [1.54, 1.807) is 12.1 Å². The third-order valence-electron chi connectivity index (χ3n) is 5.43. The van der Waals surface area contributed by atoms with Crippen LogP contribution in [0.4, 0.5) is 0 Å². The summed E-state index contributed by atoms with van der Waals surface area (Å²) in [5.41, 5.74) is 2.38. The molecule has 3 aromatic rings. The van der Waals surface area contributed by atoms with Crippen molar-refractivity contribution >= 4 is 16.6 Å². The van der Waals surface area contributed by atoms with Crippen LogP contribution in [0.25, 0.3) is 0 Å². The van der Waals surface area contributed by atoms with Gasteiger partial charge in [-0.15, -0.1) is 0 Å². The molecule has 27 heavy (non-hydrogen) atoms. The second kappa shape index (κ2) is 5.98. The Morgan fingerprint density at radius 1 is 0.852 bits per heavy atom. The third kappa shape index (κ3) is 2.37. The molecule has 0 amide bonds. The first-order valence-corrected chi connectivity index (χ1v) is 10.2. The highest BCUT2D eigenvalue weighted by atomic mass is 32.2. The highest BCUT2D eigenvalue weighted by Gasteiger charge is 2.71. The summed E-state index contributed by atoms with van der Waals surface area (Å²) in [5, 5.41) is -0.521. The summed E-state index contributed by atoms with van der Waals surface area (Å²) in [6.45, 7) is 2.02. The molecule has 0 N–H and O–H groups in total. The Balaban J connectivity index is 1.69. The van der Waals surface area contributed by atoms with Crippen molar-refractivity contribution in [2.45, 2.75) is 28.8 Å². The smallest absolute Gasteiger partial charge is 0.200 e. The summed E-state index contributed by atoms with van der Waals surface area (Å²) in [6.07, 6.45) is -0.381. The maximum atomic E-state index is 13.5. The lowest BCUT2D eigenvalue weighted by atomic mass is 9.84. The third-order valence-corrected chi connectivity index (χ3v) is 7.27. The van der Waals surface area contributed by atoms with Gasteiger partial charge in [0, 0.05) is 5.56 Å². The predicted molar refractivity (Wildman–Crippen MR) is 104 cm³/mol. The van der Waals surface area contributed by atoms with E-state index in [1.807, 2.05) is 73.7 Å². The van der Waals surface area contributed by atoms with E-state index in [0.29, 0.717) is 10.5 Å². The van der Waals surface area contributed by atoms with Gasteiger partial charge in [-0.25, -0.2) is 0 Å². The number of benzene rings is 3. The van der Waals surface area contributed by atoms with Gasteiger partial charge in [0.15, 0.2) is 5.60 Å². The van der Waals surface area contributed by atoms with Crippen molar-refractivity contribution in [2.75, 3.05) is 0 Å². The predicted octanol–water partition coefficient (Wildman–Crippen LogP) is 4.55. The van der Waals surface area contributed by atoms with E-state index in [2.05, 4.69) is 0 Å². The first kappa shape index (κ1) is 16.6. The molecular weight excluding hydrogens is 356 g/mol. The van der Waals surface area contributed by atoms with Gasteiger partial charge in [0.05, 0.1) is 15.7 Å². The van der Waals surface area contributed by atoms with Crippen LogP contribution in [0.2, 0.25) is 0 Å². The number of ether oxygens (including phenoxy) is 1. The number of carbonyl (C=O) groups is 1. The quantitative estimate of drug-likeness (QED) is 0.618. The first-order chi connectivity index (χ1) is 13.1. The van der Waals surface area contributed by atoms with E-state index in [4.69, 9.17) is 4.74 Å². The van der Waals surface area contributed by atoms with Gasteiger partial charge in [0.2, 0.25) is 5.78 Å². The van der Waals surface area contributed by atoms with Crippen molar-refractivity contribution in [3.05, 3.63) is 101 Å². The second-order valence-electron chi connectivity index (χ2n) is 7.12. The summed E-state index contributed by atoms with van der Waals surface area (Å²) in [5.74, 6) is -0.0721. The number of aryl methyl sites for hydroxylation is 1. The maximum absolute atomic E-state index is 13.5. The highest BCUT2D eigenvalue weighted by molar-refractivity contribution is 7.85. The maximum Gasteiger partial charge on any atom is 0.200 e. The Morgan fingerprint density at radius 3 is 2.26 bits per heavy atom. The number of hydrogen-bond donors (Lipinski definition) is 0. The van der Waals surface area contributed by atoms with Gasteiger partial charge in [-0.2, -0.15) is 0 Å². The van der Waals surface area contributed by atoms with Crippen LogP contribution in [0, 0.1) is 6.92 Å². The van der Waals surface area contributed by atoms with Crippen LogP contribution in [0.5, 0.6) is 0 Å². The fourth-order valence-electron chi connectivity index (χ4n) is 4.03. The van der Waals surface area contributed by atoms with Crippen LogP contribution in [-0.4, -0.2) is 15.6 Å². The minimum absolute atomic E-state index is 0.0721. The summed E-state index contributed by atoms with van der Waals surface area (Å²) in [6, 6.07) is 24.8. The zero-order valence-corrected chi connectivity index (χ0v) is 15.6. The highest BCUT2D eigenvalue weighted by Crippen LogP contribution is 2.62. The molecule has 2 heterocycles. The molecule has 2 aliphatic rings. The average Bonchev–Trinajstić information content (AvgIpc) is 3.44. The topological polar surface area (TPSA) is 46.7 Å². The van der Waals surface area contributed by atoms with Crippen molar-refractivity contribution in [2.24, 2.45) is 0 Å². The molecule has 0 radical (unpaired) electrons. The Morgan fingerprint density at radius 2 is 1.52 bits per heavy atom. The van der Waals surface area contributed by atoms with E-state index < -0.39 is 21.7 Å². The lowest BCUT2D eigenvalue weighted by Crippen LogP contribution is -2.40. The standard InChI is InChI=1S/C23H18O3S/c1-15-11-13-16(14-12-15)21-23(26-21)20(24)18-9-5-6-10-19(18)27(25)22(23)17-7-3-2-4-8-17/h2-14,21-22H,1H3/t21-,22-,23-,27?/m0/s1. The van der Waals surface area contributed by atoms with Crippen LogP contribution in [0.15, 0.2) is 83.8 Å². The zero-order chi connectivity index (χ0) is 18.6. The number of ketones is 1. The first-order valence-electron chi connectivity index (χ1n) is 8.96. The summed E-state index contributed by atoms with van der Waals surface area (Å²) in [7, 11) is -1.38. The molecule has 3 aromatic carbocycles. The largest absolute Gasteiger partial charge is 0.350 e. The molecule has 0 saturated carbocycles. The van der Waals surface area contributed by atoms with Crippen molar-refractivity contribution in [3.8, 4) is 0 Å². The molecule has 0 aromatic heterocycles. The zero-order valence-electron chi connectivity index (χ0n) is 14.8. The fourth-order valence-corrected chi connectivity index (χ4v) is 5.89. The van der Waals surface area contributed by atoms with Crippen LogP contribution >= 0.6 is 0 Å². The van der Waals surface area contributed by atoms with Crippen LogP contribution in [0.1, 0.15) is 38.4 Å². The summed E-state index contributed by atoms with van der Waals surface area (Å²) < 4.78 is 19.7. The van der Waals surface area contributed by atoms with Crippen molar-refractivity contribution < 1.29 is 13.7 Å². The molecule has 134 valence electrons. The van der Waals surface area contributed by atoms with E-state index in [9.17, 15) is 9.00 Å². The van der Waals surface area contributed by atoms with Crippen molar-refractivity contribution in [1.29, 1.82) is 0 Å². The second-order valence-corrected chi connectivity index (χ2v) is 8.62. The number of Topliss-reactive ketones (excluding diaryl/α,β-unsaturated/α-hetero) is 1. The number of fused-ring (bicyclic) bond motifs is 1. The van der Waals surface area contributed by atoms with Crippen LogP contribution in [0.3, 0.4) is 0 Å². The summed E-state index contributed by atoms with van der Waals surface area (Å²) >= 11 is 0. The number of rotatable bonds is 2. The van der Waals surface area contributed by atoms with Gasteiger partial charge < -0.3 is 4.74 Å². The van der Waals surface area contributed by atoms with E-state index in [-0.39, 0.29) is 11.9 Å². The van der Waals surface area contributed by atoms with Gasteiger partial charge in [-0.05, 0) is 24.1 Å². The molecule has 2 aliphatic heterocycles. The average molecular weight is 374 g/mol. The molecule has 5 rings (SSSR count). The molecule has 1 fully saturated rings. The Kier molecular flexibility index (Phi) is 3.67. The van der Waals surface area contributed by atoms with Gasteiger partial charge >= 0.3 is 0 Å². The van der Waals surface area contributed by atoms with Gasteiger partial charge in [-0.1, -0.05) is 78.4 Å². The SMILES string of the molecule is Cc1ccc([C@@H]2O[C@@]23C(=O)c2ccccc2S(=O)[C@H]3c2ccccc2)cc1. The Bertz CT molecular complexity index is 1060. The molecule has 0 bridgehead atoms. The molecule has 0 aliphatic carbocycles. The lowest BCUT2D eigenvalue weighted by Gasteiger charge is -2.30. The van der Waals surface area contributed by atoms with E-state index >= 15 is 0 Å². The molecule has 3 nitrogen and oxygen atoms in total. The van der Waals surface area contributed by atoms with Gasteiger partial charge in [0.25, 0.3) is 0 Å². The lowest BCUT2D eigenvalue weighted by molar-refractivity contribution is 0.0859. The normalized spacial score (nSPS) is 28.8. The van der Waals surface area contributed by atoms with Crippen LogP contribution < -0.4 is 0 Å². The minimum Gasteiger partial charge on any atom is -0.350 e. The van der Waals surface area contributed by atoms with Crippen molar-refractivity contribution in [1.82, 2.24) is 0 Å². The van der Waals surface area contributed by atoms with E-state index in [1.165, 1.54) is 0 Å². The summed E-state index contributed by atoms with van der Waals surface area (Å²) in [4.78, 5) is 14.1. The van der Waals surface area contributed by atoms with Gasteiger partial charge in [-0.3, -0.25) is 9.00 Å². The number of epoxide rings is 1. The Hall–Kier alpha value is -2.56. The van der Waals surface area contributed by atoms with Crippen LogP contribution in [-0.2, 0) is 15.5 Å². The van der Waals surface area contributed by atoms with E-state index in [0.717, 1.165) is 16.7 Å². The minimum atomic E-state index is -1.38. The van der Waals surface area contributed by atoms with Crippen molar-refractivity contribution in [3.63, 3.8) is 0 Å². The molecule has 1 unspecified atom stereocenters. The Labute approximate surface area is 160 Å². The molecule has 1 saturated heterocycles. The molecule has 4 atom stereocenters. The van der Waals surface area contributed by atoms with Gasteiger partial charge in [0.1, 0.15) is 11.4 Å². The molecule has 1 spiro atoms. The number of hydrogen-bond acceptors (Lipinski definition) is 3.